The number of benzene rings is 3. The van der Waals surface area contributed by atoms with Crippen LogP contribution in [0.3, 0.4) is 0 Å². The van der Waals surface area contributed by atoms with Crippen LogP contribution in [-0.2, 0) is 0 Å². The normalized spacial score (nSPS) is 10.2. The van der Waals surface area contributed by atoms with E-state index in [1.54, 1.807) is 0 Å². The van der Waals surface area contributed by atoms with Gasteiger partial charge < -0.3 is 0 Å². The highest BCUT2D eigenvalue weighted by molar-refractivity contribution is 5.85. The van der Waals surface area contributed by atoms with Gasteiger partial charge in [0.1, 0.15) is 0 Å². The zero-order chi connectivity index (χ0) is 15.4. The molecule has 0 aliphatic heterocycles. The molecule has 22 heavy (non-hydrogen) atoms. The summed E-state index contributed by atoms with van der Waals surface area (Å²) in [6.45, 7) is 7.69. The van der Waals surface area contributed by atoms with E-state index in [1.807, 2.05) is 18.2 Å². The summed E-state index contributed by atoms with van der Waals surface area (Å²) in [6, 6.07) is 25.4. The summed E-state index contributed by atoms with van der Waals surface area (Å²) in [5, 5.41) is 0. The van der Waals surface area contributed by atoms with Gasteiger partial charge in [-0.2, -0.15) is 0 Å². The minimum Gasteiger partial charge on any atom is -0.0985 e. The van der Waals surface area contributed by atoms with E-state index in [4.69, 9.17) is 0 Å². The summed E-state index contributed by atoms with van der Waals surface area (Å²) >= 11 is 0. The topological polar surface area (TPSA) is 0 Å². The molecule has 0 bridgehead atoms. The molecule has 0 aliphatic rings. The summed E-state index contributed by atoms with van der Waals surface area (Å²) in [6.07, 6.45) is 3.75. The van der Waals surface area contributed by atoms with Gasteiger partial charge in [0.15, 0.2) is 0 Å². The Kier molecular flexibility index (Phi) is 4.02. The van der Waals surface area contributed by atoms with Crippen LogP contribution in [0.2, 0.25) is 0 Å². The average Bonchev–Trinajstić information content (AvgIpc) is 2.62. The fourth-order valence-electron chi connectivity index (χ4n) is 2.60. The molecule has 0 saturated carbocycles. The first-order chi connectivity index (χ1) is 10.8. The van der Waals surface area contributed by atoms with E-state index >= 15 is 0 Å². The largest absolute Gasteiger partial charge is 0.0985 e. The Hall–Kier alpha value is -2.86. The highest BCUT2D eigenvalue weighted by Gasteiger charge is 2.07. The van der Waals surface area contributed by atoms with Crippen LogP contribution in [0.4, 0.5) is 0 Å². The smallest absolute Gasteiger partial charge is 0.00995 e. The van der Waals surface area contributed by atoms with Crippen molar-refractivity contribution < 1.29 is 0 Å². The predicted molar refractivity (Wildman–Crippen MR) is 97.5 cm³/mol. The second-order valence-electron chi connectivity index (χ2n) is 5.20. The minimum absolute atomic E-state index is 1.13. The van der Waals surface area contributed by atoms with Crippen molar-refractivity contribution in [1.82, 2.24) is 0 Å². The maximum atomic E-state index is 3.88. The molecule has 0 nitrogen and oxygen atoms in total. The van der Waals surface area contributed by atoms with Gasteiger partial charge in [-0.3, -0.25) is 0 Å². The maximum Gasteiger partial charge on any atom is -0.00995 e. The molecule has 3 aromatic carbocycles. The first kappa shape index (κ1) is 14.1. The van der Waals surface area contributed by atoms with Crippen LogP contribution in [0.15, 0.2) is 86.0 Å². The summed E-state index contributed by atoms with van der Waals surface area (Å²) in [5.41, 5.74) is 7.14. The van der Waals surface area contributed by atoms with E-state index in [1.165, 1.54) is 22.3 Å². The van der Waals surface area contributed by atoms with Crippen LogP contribution in [0.1, 0.15) is 11.1 Å². The lowest BCUT2D eigenvalue weighted by Gasteiger charge is -2.12. The summed E-state index contributed by atoms with van der Waals surface area (Å²) < 4.78 is 0. The molecule has 0 aromatic heterocycles. The SMILES string of the molecule is C=Cc1ccc(-c2ccc(C=C)cc2-c2ccccc2)cc1. The lowest BCUT2D eigenvalue weighted by atomic mass is 9.92. The van der Waals surface area contributed by atoms with E-state index in [9.17, 15) is 0 Å². The van der Waals surface area contributed by atoms with Crippen LogP contribution < -0.4 is 0 Å². The highest BCUT2D eigenvalue weighted by atomic mass is 14.1. The molecular weight excluding hydrogens is 264 g/mol. The first-order valence-corrected chi connectivity index (χ1v) is 7.36. The molecule has 106 valence electrons. The van der Waals surface area contributed by atoms with Crippen molar-refractivity contribution in [2.75, 3.05) is 0 Å². The van der Waals surface area contributed by atoms with Crippen molar-refractivity contribution >= 4 is 12.2 Å². The van der Waals surface area contributed by atoms with Gasteiger partial charge in [-0.25, -0.2) is 0 Å². The lowest BCUT2D eigenvalue weighted by Crippen LogP contribution is -1.87. The van der Waals surface area contributed by atoms with Crippen molar-refractivity contribution in [2.45, 2.75) is 0 Å². The molecule has 0 heterocycles. The number of rotatable bonds is 4. The van der Waals surface area contributed by atoms with Gasteiger partial charge in [0.2, 0.25) is 0 Å². The van der Waals surface area contributed by atoms with Crippen LogP contribution in [0.25, 0.3) is 34.4 Å². The molecule has 0 N–H and O–H groups in total. The quantitative estimate of drug-likeness (QED) is 0.526. The molecule has 0 atom stereocenters. The van der Waals surface area contributed by atoms with Gasteiger partial charge in [-0.1, -0.05) is 92.0 Å². The van der Waals surface area contributed by atoms with Crippen molar-refractivity contribution in [2.24, 2.45) is 0 Å². The Labute approximate surface area is 132 Å². The summed E-state index contributed by atoms with van der Waals surface area (Å²) in [5.74, 6) is 0. The number of hydrogen-bond acceptors (Lipinski definition) is 0. The second kappa shape index (κ2) is 6.28. The molecule has 0 radical (unpaired) electrons. The Morgan fingerprint density at radius 1 is 0.545 bits per heavy atom. The Morgan fingerprint density at radius 3 is 1.77 bits per heavy atom. The van der Waals surface area contributed by atoms with Crippen LogP contribution >= 0.6 is 0 Å². The Morgan fingerprint density at radius 2 is 1.14 bits per heavy atom. The zero-order valence-electron chi connectivity index (χ0n) is 12.5. The first-order valence-electron chi connectivity index (χ1n) is 7.36. The van der Waals surface area contributed by atoms with Crippen LogP contribution in [-0.4, -0.2) is 0 Å². The standard InChI is InChI=1S/C22H18/c1-3-17-10-13-20(14-11-17)21-15-12-18(4-2)16-22(21)19-8-6-5-7-9-19/h3-16H,1-2H2. The third-order valence-electron chi connectivity index (χ3n) is 3.82. The zero-order valence-corrected chi connectivity index (χ0v) is 12.5. The Balaban J connectivity index is 2.17. The average molecular weight is 282 g/mol. The van der Waals surface area contributed by atoms with Gasteiger partial charge in [-0.05, 0) is 39.4 Å². The van der Waals surface area contributed by atoms with E-state index < -0.39 is 0 Å². The maximum absolute atomic E-state index is 3.88. The van der Waals surface area contributed by atoms with E-state index in [2.05, 4.69) is 79.9 Å². The molecule has 0 spiro atoms. The molecular formula is C22H18. The van der Waals surface area contributed by atoms with Crippen molar-refractivity contribution in [3.8, 4) is 22.3 Å². The molecule has 0 amide bonds. The third-order valence-corrected chi connectivity index (χ3v) is 3.82. The minimum atomic E-state index is 1.13. The van der Waals surface area contributed by atoms with Gasteiger partial charge in [0.05, 0.1) is 0 Å². The van der Waals surface area contributed by atoms with Crippen molar-refractivity contribution in [3.05, 3.63) is 97.1 Å². The lowest BCUT2D eigenvalue weighted by molar-refractivity contribution is 1.56. The highest BCUT2D eigenvalue weighted by Crippen LogP contribution is 2.33. The molecule has 0 unspecified atom stereocenters. The van der Waals surface area contributed by atoms with E-state index in [-0.39, 0.29) is 0 Å². The fourth-order valence-corrected chi connectivity index (χ4v) is 2.60. The molecule has 0 heteroatoms. The van der Waals surface area contributed by atoms with Crippen molar-refractivity contribution in [3.63, 3.8) is 0 Å². The monoisotopic (exact) mass is 282 g/mol. The second-order valence-corrected chi connectivity index (χ2v) is 5.20. The molecule has 0 saturated heterocycles. The van der Waals surface area contributed by atoms with Crippen LogP contribution in [0.5, 0.6) is 0 Å². The predicted octanol–water partition coefficient (Wildman–Crippen LogP) is 6.31. The van der Waals surface area contributed by atoms with Gasteiger partial charge in [0.25, 0.3) is 0 Å². The van der Waals surface area contributed by atoms with Gasteiger partial charge in [-0.15, -0.1) is 0 Å². The van der Waals surface area contributed by atoms with Gasteiger partial charge in [0, 0.05) is 0 Å². The van der Waals surface area contributed by atoms with Crippen LogP contribution in [0, 0.1) is 0 Å². The summed E-state index contributed by atoms with van der Waals surface area (Å²) in [7, 11) is 0. The van der Waals surface area contributed by atoms with E-state index in [0.717, 1.165) is 11.1 Å². The fraction of sp³-hybridized carbons (Fsp3) is 0. The van der Waals surface area contributed by atoms with Crippen molar-refractivity contribution in [1.29, 1.82) is 0 Å². The van der Waals surface area contributed by atoms with E-state index in [0.29, 0.717) is 0 Å². The number of hydrogen-bond donors (Lipinski definition) is 0. The molecule has 3 rings (SSSR count). The molecule has 3 aromatic rings. The molecule has 0 aliphatic carbocycles. The Bertz CT molecular complexity index is 793. The summed E-state index contributed by atoms with van der Waals surface area (Å²) in [4.78, 5) is 0. The van der Waals surface area contributed by atoms with Gasteiger partial charge >= 0.3 is 0 Å². The third kappa shape index (κ3) is 2.77. The molecule has 0 fully saturated rings.